The van der Waals surface area contributed by atoms with Gasteiger partial charge in [-0.05, 0) is 11.8 Å². The molecule has 0 aromatic carbocycles. The molecule has 0 rings (SSSR count). The van der Waals surface area contributed by atoms with Crippen LogP contribution in [0, 0.1) is 5.41 Å². The summed E-state index contributed by atoms with van der Waals surface area (Å²) in [5.41, 5.74) is -0.104. The summed E-state index contributed by atoms with van der Waals surface area (Å²) in [4.78, 5) is 23.2. The third-order valence-corrected chi connectivity index (χ3v) is 2.05. The van der Waals surface area contributed by atoms with E-state index in [9.17, 15) is 9.59 Å². The zero-order valence-corrected chi connectivity index (χ0v) is 9.50. The van der Waals surface area contributed by atoms with Crippen molar-refractivity contribution in [1.82, 2.24) is 4.90 Å². The highest BCUT2D eigenvalue weighted by molar-refractivity contribution is 5.82. The van der Waals surface area contributed by atoms with E-state index < -0.39 is 12.0 Å². The van der Waals surface area contributed by atoms with E-state index in [2.05, 4.69) is 0 Å². The first-order valence-electron chi connectivity index (χ1n) is 4.61. The predicted molar refractivity (Wildman–Crippen MR) is 53.9 cm³/mol. The minimum Gasteiger partial charge on any atom is -0.480 e. The Morgan fingerprint density at radius 1 is 1.36 bits per heavy atom. The molecule has 1 unspecified atom stereocenters. The first-order chi connectivity index (χ1) is 6.15. The van der Waals surface area contributed by atoms with Crippen molar-refractivity contribution >= 4 is 11.9 Å². The van der Waals surface area contributed by atoms with E-state index in [0.717, 1.165) is 0 Å². The van der Waals surface area contributed by atoms with Gasteiger partial charge in [-0.15, -0.1) is 0 Å². The number of likely N-dealkylation sites (N-methyl/N-ethyl adjacent to an activating group) is 1. The number of hydrogen-bond acceptors (Lipinski definition) is 2. The first kappa shape index (κ1) is 12.9. The molecular weight excluding hydrogens is 182 g/mol. The topological polar surface area (TPSA) is 57.6 Å². The van der Waals surface area contributed by atoms with Crippen molar-refractivity contribution in [2.45, 2.75) is 40.2 Å². The van der Waals surface area contributed by atoms with Gasteiger partial charge in [-0.25, -0.2) is 4.79 Å². The molecular formula is C10H19NO3. The minimum atomic E-state index is -0.947. The molecule has 82 valence electrons. The van der Waals surface area contributed by atoms with Crippen molar-refractivity contribution in [3.8, 4) is 0 Å². The Balaban J connectivity index is 4.62. The molecule has 0 heterocycles. The van der Waals surface area contributed by atoms with Crippen molar-refractivity contribution in [3.63, 3.8) is 0 Å². The van der Waals surface area contributed by atoms with Crippen LogP contribution in [0.25, 0.3) is 0 Å². The minimum absolute atomic E-state index is 0.104. The summed E-state index contributed by atoms with van der Waals surface area (Å²) in [5.74, 6) is -1.17. The van der Waals surface area contributed by atoms with Crippen LogP contribution in [0.1, 0.15) is 34.1 Å². The van der Waals surface area contributed by atoms with Gasteiger partial charge in [0.25, 0.3) is 0 Å². The van der Waals surface area contributed by atoms with E-state index in [1.54, 1.807) is 0 Å². The van der Waals surface area contributed by atoms with Gasteiger partial charge in [-0.2, -0.15) is 0 Å². The third-order valence-electron chi connectivity index (χ3n) is 2.05. The van der Waals surface area contributed by atoms with Crippen molar-refractivity contribution in [2.24, 2.45) is 5.41 Å². The fourth-order valence-corrected chi connectivity index (χ4v) is 1.19. The molecule has 4 heteroatoms. The standard InChI is InChI=1S/C10H19NO3/c1-7(12)11(5)8(9(13)14)6-10(2,3)4/h8H,6H2,1-5H3,(H,13,14). The molecule has 0 aliphatic carbocycles. The zero-order chi connectivity index (χ0) is 11.5. The lowest BCUT2D eigenvalue weighted by Crippen LogP contribution is -2.43. The summed E-state index contributed by atoms with van der Waals surface area (Å²) in [7, 11) is 1.52. The molecule has 0 aliphatic heterocycles. The Morgan fingerprint density at radius 2 is 1.79 bits per heavy atom. The van der Waals surface area contributed by atoms with Crippen LogP contribution in [0.4, 0.5) is 0 Å². The number of carbonyl (C=O) groups is 2. The monoisotopic (exact) mass is 201 g/mol. The van der Waals surface area contributed by atoms with Gasteiger partial charge in [0, 0.05) is 14.0 Å². The van der Waals surface area contributed by atoms with Gasteiger partial charge in [0.05, 0.1) is 0 Å². The molecule has 0 bridgehead atoms. The summed E-state index contributed by atoms with van der Waals surface area (Å²) in [5, 5.41) is 8.96. The number of aliphatic carboxylic acids is 1. The molecule has 0 radical (unpaired) electrons. The number of nitrogens with zero attached hydrogens (tertiary/aromatic N) is 1. The number of hydrogen-bond donors (Lipinski definition) is 1. The lowest BCUT2D eigenvalue weighted by atomic mass is 9.87. The summed E-state index contributed by atoms with van der Waals surface area (Å²) >= 11 is 0. The fraction of sp³-hybridized carbons (Fsp3) is 0.800. The molecule has 0 aliphatic rings. The smallest absolute Gasteiger partial charge is 0.326 e. The van der Waals surface area contributed by atoms with Crippen LogP contribution in [0.3, 0.4) is 0 Å². The van der Waals surface area contributed by atoms with Gasteiger partial charge in [-0.3, -0.25) is 4.79 Å². The Hall–Kier alpha value is -1.06. The lowest BCUT2D eigenvalue weighted by Gasteiger charge is -2.29. The van der Waals surface area contributed by atoms with Gasteiger partial charge in [0.15, 0.2) is 0 Å². The van der Waals surface area contributed by atoms with Crippen LogP contribution >= 0.6 is 0 Å². The summed E-state index contributed by atoms with van der Waals surface area (Å²) in [6.45, 7) is 7.24. The molecule has 1 amide bonds. The Labute approximate surface area is 84.9 Å². The van der Waals surface area contributed by atoms with E-state index >= 15 is 0 Å². The molecule has 14 heavy (non-hydrogen) atoms. The van der Waals surface area contributed by atoms with Crippen LogP contribution in [0.15, 0.2) is 0 Å². The van der Waals surface area contributed by atoms with Crippen LogP contribution < -0.4 is 0 Å². The second-order valence-corrected chi connectivity index (χ2v) is 4.75. The second-order valence-electron chi connectivity index (χ2n) is 4.75. The third kappa shape index (κ3) is 4.25. The molecule has 0 fully saturated rings. The maximum absolute atomic E-state index is 11.0. The lowest BCUT2D eigenvalue weighted by molar-refractivity contribution is -0.149. The normalized spacial score (nSPS) is 13.5. The quantitative estimate of drug-likeness (QED) is 0.750. The number of amides is 1. The van der Waals surface area contributed by atoms with Gasteiger partial charge in [-0.1, -0.05) is 20.8 Å². The maximum Gasteiger partial charge on any atom is 0.326 e. The van der Waals surface area contributed by atoms with E-state index in [1.165, 1.54) is 18.9 Å². The molecule has 4 nitrogen and oxygen atoms in total. The highest BCUT2D eigenvalue weighted by atomic mass is 16.4. The highest BCUT2D eigenvalue weighted by Crippen LogP contribution is 2.23. The second kappa shape index (κ2) is 4.44. The van der Waals surface area contributed by atoms with Crippen molar-refractivity contribution in [1.29, 1.82) is 0 Å². The predicted octanol–water partition coefficient (Wildman–Crippen LogP) is 1.35. The van der Waals surface area contributed by atoms with Crippen molar-refractivity contribution < 1.29 is 14.7 Å². The summed E-state index contributed by atoms with van der Waals surface area (Å²) in [6.07, 6.45) is 0.457. The fourth-order valence-electron chi connectivity index (χ4n) is 1.19. The van der Waals surface area contributed by atoms with Crippen LogP contribution in [0.2, 0.25) is 0 Å². The SMILES string of the molecule is CC(=O)N(C)C(CC(C)(C)C)C(=O)O. The van der Waals surface area contributed by atoms with Crippen LogP contribution in [-0.2, 0) is 9.59 Å². The number of carboxylic acid groups (broad SMARTS) is 1. The van der Waals surface area contributed by atoms with Crippen LogP contribution in [-0.4, -0.2) is 35.0 Å². The van der Waals surface area contributed by atoms with Gasteiger partial charge < -0.3 is 10.0 Å². The Kier molecular flexibility index (Phi) is 4.10. The van der Waals surface area contributed by atoms with Crippen LogP contribution in [0.5, 0.6) is 0 Å². The zero-order valence-electron chi connectivity index (χ0n) is 9.50. The van der Waals surface area contributed by atoms with Gasteiger partial charge in [0.2, 0.25) is 5.91 Å². The van der Waals surface area contributed by atoms with Gasteiger partial charge >= 0.3 is 5.97 Å². The average Bonchev–Trinajstić information content (AvgIpc) is 1.96. The number of carboxylic acids is 1. The summed E-state index contributed by atoms with van der Waals surface area (Å²) in [6, 6.07) is -0.729. The molecule has 0 aromatic rings. The number of rotatable bonds is 3. The van der Waals surface area contributed by atoms with E-state index in [1.807, 2.05) is 20.8 Å². The molecule has 1 atom stereocenters. The van der Waals surface area contributed by atoms with Gasteiger partial charge in [0.1, 0.15) is 6.04 Å². The molecule has 0 spiro atoms. The summed E-state index contributed by atoms with van der Waals surface area (Å²) < 4.78 is 0. The maximum atomic E-state index is 11.0. The first-order valence-corrected chi connectivity index (χ1v) is 4.61. The van der Waals surface area contributed by atoms with Crippen molar-refractivity contribution in [3.05, 3.63) is 0 Å². The Bertz CT molecular complexity index is 230. The molecule has 0 aromatic heterocycles. The van der Waals surface area contributed by atoms with E-state index in [0.29, 0.717) is 6.42 Å². The van der Waals surface area contributed by atoms with E-state index in [4.69, 9.17) is 5.11 Å². The van der Waals surface area contributed by atoms with E-state index in [-0.39, 0.29) is 11.3 Å². The largest absolute Gasteiger partial charge is 0.480 e. The average molecular weight is 201 g/mol. The highest BCUT2D eigenvalue weighted by Gasteiger charge is 2.29. The molecule has 0 saturated heterocycles. The number of carbonyl (C=O) groups excluding carboxylic acids is 1. The van der Waals surface area contributed by atoms with Crippen molar-refractivity contribution in [2.75, 3.05) is 7.05 Å². The Morgan fingerprint density at radius 3 is 2.00 bits per heavy atom. The molecule has 1 N–H and O–H groups in total. The molecule has 0 saturated carbocycles.